The van der Waals surface area contributed by atoms with Gasteiger partial charge in [-0.3, -0.25) is 4.79 Å². The summed E-state index contributed by atoms with van der Waals surface area (Å²) >= 11 is 13.4. The highest BCUT2D eigenvalue weighted by atomic mass is 35.5. The summed E-state index contributed by atoms with van der Waals surface area (Å²) in [6.07, 6.45) is 0. The molecule has 0 spiro atoms. The van der Waals surface area contributed by atoms with E-state index in [0.29, 0.717) is 26.7 Å². The van der Waals surface area contributed by atoms with Gasteiger partial charge < -0.3 is 14.6 Å². The highest BCUT2D eigenvalue weighted by molar-refractivity contribution is 8.00. The first-order valence-corrected chi connectivity index (χ1v) is 10.1. The van der Waals surface area contributed by atoms with Crippen LogP contribution in [-0.2, 0) is 18.4 Å². The minimum atomic E-state index is -0.416. The average Bonchev–Trinajstić information content (AvgIpc) is 3.04. The monoisotopic (exact) mass is 436 g/mol. The molecule has 0 aliphatic carbocycles. The maximum Gasteiger partial charge on any atom is 0.237 e. The van der Waals surface area contributed by atoms with Crippen LogP contribution in [0.3, 0.4) is 0 Å². The lowest BCUT2D eigenvalue weighted by Gasteiger charge is -2.13. The molecule has 1 unspecified atom stereocenters. The van der Waals surface area contributed by atoms with Crippen LogP contribution in [0.1, 0.15) is 12.7 Å². The first-order chi connectivity index (χ1) is 13.5. The van der Waals surface area contributed by atoms with E-state index in [1.165, 1.54) is 11.8 Å². The van der Waals surface area contributed by atoms with Crippen LogP contribution in [0.4, 0.5) is 5.69 Å². The third kappa shape index (κ3) is 4.98. The molecule has 1 heterocycles. The molecule has 3 aromatic rings. The number of amides is 1. The molecule has 0 bridgehead atoms. The van der Waals surface area contributed by atoms with Crippen molar-refractivity contribution in [3.8, 4) is 5.75 Å². The number of ether oxygens (including phenoxy) is 1. The highest BCUT2D eigenvalue weighted by Gasteiger charge is 2.20. The lowest BCUT2D eigenvalue weighted by Crippen LogP contribution is -2.23. The topological polar surface area (TPSA) is 69.0 Å². The van der Waals surface area contributed by atoms with E-state index in [1.807, 2.05) is 41.9 Å². The molecule has 9 heteroatoms. The van der Waals surface area contributed by atoms with E-state index in [-0.39, 0.29) is 12.5 Å². The molecular formula is C19H18Cl2N4O2S. The number of para-hydroxylation sites is 1. The molecule has 0 saturated heterocycles. The van der Waals surface area contributed by atoms with Crippen molar-refractivity contribution < 1.29 is 9.53 Å². The molecule has 0 saturated carbocycles. The SMILES string of the molecule is CC(Sc1nnc(COc2ccccc2)n1C)C(=O)Nc1cccc(Cl)c1Cl. The van der Waals surface area contributed by atoms with Crippen LogP contribution in [0, 0.1) is 0 Å². The van der Waals surface area contributed by atoms with E-state index in [0.717, 1.165) is 5.75 Å². The second-order valence-electron chi connectivity index (χ2n) is 5.91. The van der Waals surface area contributed by atoms with Crippen molar-refractivity contribution in [1.29, 1.82) is 0 Å². The van der Waals surface area contributed by atoms with E-state index >= 15 is 0 Å². The number of nitrogens with zero attached hydrogens (tertiary/aromatic N) is 3. The number of hydrogen-bond donors (Lipinski definition) is 1. The van der Waals surface area contributed by atoms with E-state index < -0.39 is 5.25 Å². The zero-order valence-electron chi connectivity index (χ0n) is 15.2. The minimum absolute atomic E-state index is 0.209. The molecule has 1 aromatic heterocycles. The number of carbonyl (C=O) groups is 1. The molecule has 2 aromatic carbocycles. The number of benzene rings is 2. The van der Waals surface area contributed by atoms with Crippen LogP contribution in [0.5, 0.6) is 5.75 Å². The van der Waals surface area contributed by atoms with E-state index in [2.05, 4.69) is 15.5 Å². The molecule has 0 radical (unpaired) electrons. The maximum atomic E-state index is 12.5. The van der Waals surface area contributed by atoms with Crippen molar-refractivity contribution in [3.63, 3.8) is 0 Å². The van der Waals surface area contributed by atoms with Crippen molar-refractivity contribution in [2.24, 2.45) is 7.05 Å². The van der Waals surface area contributed by atoms with Crippen LogP contribution in [0.2, 0.25) is 10.0 Å². The van der Waals surface area contributed by atoms with Crippen LogP contribution in [0.15, 0.2) is 53.7 Å². The molecule has 6 nitrogen and oxygen atoms in total. The van der Waals surface area contributed by atoms with Crippen LogP contribution in [0.25, 0.3) is 0 Å². The molecule has 3 rings (SSSR count). The number of aromatic nitrogens is 3. The molecule has 0 aliphatic rings. The predicted octanol–water partition coefficient (Wildman–Crippen LogP) is 4.82. The van der Waals surface area contributed by atoms with E-state index in [1.54, 1.807) is 25.1 Å². The molecule has 0 fully saturated rings. The van der Waals surface area contributed by atoms with Gasteiger partial charge in [0, 0.05) is 7.05 Å². The van der Waals surface area contributed by atoms with Gasteiger partial charge in [0.1, 0.15) is 12.4 Å². The number of hydrogen-bond acceptors (Lipinski definition) is 5. The van der Waals surface area contributed by atoms with Gasteiger partial charge in [-0.05, 0) is 31.2 Å². The Morgan fingerprint density at radius 3 is 2.68 bits per heavy atom. The van der Waals surface area contributed by atoms with Gasteiger partial charge in [0.2, 0.25) is 5.91 Å². The zero-order valence-corrected chi connectivity index (χ0v) is 17.6. The van der Waals surface area contributed by atoms with E-state index in [4.69, 9.17) is 27.9 Å². The van der Waals surface area contributed by atoms with E-state index in [9.17, 15) is 4.79 Å². The number of nitrogens with one attached hydrogen (secondary N) is 1. The molecule has 146 valence electrons. The normalized spacial score (nSPS) is 11.9. The fourth-order valence-corrected chi connectivity index (χ4v) is 3.47. The Balaban J connectivity index is 1.61. The summed E-state index contributed by atoms with van der Waals surface area (Å²) in [6, 6.07) is 14.6. The fourth-order valence-electron chi connectivity index (χ4n) is 2.28. The Morgan fingerprint density at radius 1 is 1.18 bits per heavy atom. The Hall–Kier alpha value is -2.22. The average molecular weight is 437 g/mol. The van der Waals surface area contributed by atoms with Crippen molar-refractivity contribution in [2.45, 2.75) is 23.9 Å². The third-order valence-corrected chi connectivity index (χ3v) is 5.85. The lowest BCUT2D eigenvalue weighted by molar-refractivity contribution is -0.115. The largest absolute Gasteiger partial charge is 0.486 e. The summed E-state index contributed by atoms with van der Waals surface area (Å²) in [4.78, 5) is 12.5. The standard InChI is InChI=1S/C19H18Cl2N4O2S/c1-12(18(26)22-15-10-6-9-14(20)17(15)21)28-19-24-23-16(25(19)2)11-27-13-7-4-3-5-8-13/h3-10,12H,11H2,1-2H3,(H,22,26). The summed E-state index contributed by atoms with van der Waals surface area (Å²) in [5, 5.41) is 12.0. The number of anilines is 1. The van der Waals surface area contributed by atoms with Crippen molar-refractivity contribution in [3.05, 3.63) is 64.4 Å². The molecule has 28 heavy (non-hydrogen) atoms. The lowest BCUT2D eigenvalue weighted by atomic mass is 10.3. The molecular weight excluding hydrogens is 419 g/mol. The van der Waals surface area contributed by atoms with Crippen LogP contribution < -0.4 is 10.1 Å². The predicted molar refractivity (Wildman–Crippen MR) is 112 cm³/mol. The van der Waals surface area contributed by atoms with Gasteiger partial charge >= 0.3 is 0 Å². The summed E-state index contributed by atoms with van der Waals surface area (Å²) in [5.74, 6) is 1.21. The fraction of sp³-hybridized carbons (Fsp3) is 0.211. The Labute approximate surface area is 177 Å². The van der Waals surface area contributed by atoms with Crippen molar-refractivity contribution >= 4 is 46.6 Å². The Kier molecular flexibility index (Phi) is 6.83. The highest BCUT2D eigenvalue weighted by Crippen LogP contribution is 2.30. The van der Waals surface area contributed by atoms with Gasteiger partial charge in [-0.25, -0.2) is 0 Å². The quantitative estimate of drug-likeness (QED) is 0.537. The maximum absolute atomic E-state index is 12.5. The number of rotatable bonds is 7. The second-order valence-corrected chi connectivity index (χ2v) is 8.00. The second kappa shape index (κ2) is 9.32. The zero-order chi connectivity index (χ0) is 20.1. The minimum Gasteiger partial charge on any atom is -0.486 e. The summed E-state index contributed by atoms with van der Waals surface area (Å²) in [6.45, 7) is 2.07. The van der Waals surface area contributed by atoms with Gasteiger partial charge in [-0.15, -0.1) is 10.2 Å². The molecule has 1 amide bonds. The van der Waals surface area contributed by atoms with Gasteiger partial charge in [0.25, 0.3) is 0 Å². The van der Waals surface area contributed by atoms with Gasteiger partial charge in [-0.1, -0.05) is 59.2 Å². The van der Waals surface area contributed by atoms with Gasteiger partial charge in [0.15, 0.2) is 11.0 Å². The first kappa shape index (κ1) is 20.5. The summed E-state index contributed by atoms with van der Waals surface area (Å²) in [7, 11) is 1.84. The molecule has 0 aliphatic heterocycles. The van der Waals surface area contributed by atoms with Gasteiger partial charge in [0.05, 0.1) is 21.0 Å². The van der Waals surface area contributed by atoms with Crippen LogP contribution >= 0.6 is 35.0 Å². The molecule has 1 N–H and O–H groups in total. The number of thioether (sulfide) groups is 1. The van der Waals surface area contributed by atoms with Crippen molar-refractivity contribution in [2.75, 3.05) is 5.32 Å². The Bertz CT molecular complexity index is 966. The Morgan fingerprint density at radius 2 is 1.93 bits per heavy atom. The number of halogens is 2. The smallest absolute Gasteiger partial charge is 0.237 e. The third-order valence-electron chi connectivity index (χ3n) is 3.90. The first-order valence-electron chi connectivity index (χ1n) is 8.43. The summed E-state index contributed by atoms with van der Waals surface area (Å²) < 4.78 is 7.51. The van der Waals surface area contributed by atoms with Crippen LogP contribution in [-0.4, -0.2) is 25.9 Å². The number of carbonyl (C=O) groups excluding carboxylic acids is 1. The van der Waals surface area contributed by atoms with Gasteiger partial charge in [-0.2, -0.15) is 0 Å². The summed E-state index contributed by atoms with van der Waals surface area (Å²) in [5.41, 5.74) is 0.474. The van der Waals surface area contributed by atoms with Crippen molar-refractivity contribution in [1.82, 2.24) is 14.8 Å². The molecule has 1 atom stereocenters.